The summed E-state index contributed by atoms with van der Waals surface area (Å²) in [5.41, 5.74) is 5.65. The summed E-state index contributed by atoms with van der Waals surface area (Å²) in [7, 11) is 1.97. The van der Waals surface area contributed by atoms with Gasteiger partial charge in [-0.1, -0.05) is 37.5 Å². The second kappa shape index (κ2) is 8.31. The molecular formula is C27H33F2N5. The number of benzene rings is 1. The summed E-state index contributed by atoms with van der Waals surface area (Å²) in [6.07, 6.45) is 11.1. The van der Waals surface area contributed by atoms with Gasteiger partial charge in [0.25, 0.3) is 0 Å². The molecule has 0 radical (unpaired) electrons. The summed E-state index contributed by atoms with van der Waals surface area (Å²) < 4.78 is 28.2. The molecule has 0 amide bonds. The van der Waals surface area contributed by atoms with Crippen molar-refractivity contribution in [1.82, 2.24) is 20.7 Å². The van der Waals surface area contributed by atoms with Crippen LogP contribution in [0.1, 0.15) is 74.5 Å². The first-order valence-electron chi connectivity index (χ1n) is 12.6. The maximum atomic E-state index is 14.8. The zero-order chi connectivity index (χ0) is 23.4. The number of hydrogen-bond donors (Lipinski definition) is 3. The molecule has 2 aliphatic carbocycles. The molecule has 1 aromatic heterocycles. The molecule has 0 spiro atoms. The van der Waals surface area contributed by atoms with Gasteiger partial charge in [0, 0.05) is 24.5 Å². The number of hydrazine groups is 1. The van der Waals surface area contributed by atoms with Crippen LogP contribution in [0.2, 0.25) is 0 Å². The second-order valence-electron chi connectivity index (χ2n) is 10.6. The summed E-state index contributed by atoms with van der Waals surface area (Å²) in [6, 6.07) is 6.80. The monoisotopic (exact) mass is 465 g/mol. The lowest BCUT2D eigenvalue weighted by molar-refractivity contribution is 0.234. The van der Waals surface area contributed by atoms with Crippen LogP contribution >= 0.6 is 0 Å². The molecule has 2 unspecified atom stereocenters. The van der Waals surface area contributed by atoms with E-state index in [1.54, 1.807) is 25.1 Å². The fourth-order valence-corrected chi connectivity index (χ4v) is 6.26. The number of halogens is 2. The lowest BCUT2D eigenvalue weighted by Crippen LogP contribution is -2.52. The number of fused-ring (bicyclic) bond motifs is 3. The molecule has 1 saturated carbocycles. The Bertz CT molecular complexity index is 1220. The summed E-state index contributed by atoms with van der Waals surface area (Å²) in [5, 5.41) is 7.99. The van der Waals surface area contributed by atoms with E-state index in [9.17, 15) is 8.78 Å². The topological polar surface area (TPSA) is 55.4 Å². The molecule has 0 saturated heterocycles. The van der Waals surface area contributed by atoms with Crippen molar-refractivity contribution < 1.29 is 8.78 Å². The summed E-state index contributed by atoms with van der Waals surface area (Å²) in [5.74, 6) is 1.22. The van der Waals surface area contributed by atoms with E-state index in [4.69, 9.17) is 4.99 Å². The van der Waals surface area contributed by atoms with Gasteiger partial charge >= 0.3 is 0 Å². The van der Waals surface area contributed by atoms with Crippen LogP contribution in [0.15, 0.2) is 29.3 Å². The Labute approximate surface area is 199 Å². The predicted octanol–water partition coefficient (Wildman–Crippen LogP) is 3.53. The summed E-state index contributed by atoms with van der Waals surface area (Å²) >= 11 is 0. The molecule has 7 heteroatoms. The van der Waals surface area contributed by atoms with Crippen LogP contribution in [0.3, 0.4) is 0 Å². The summed E-state index contributed by atoms with van der Waals surface area (Å²) in [4.78, 5) is 8.64. The van der Waals surface area contributed by atoms with Gasteiger partial charge in [0.05, 0.1) is 12.1 Å². The molecule has 4 atom stereocenters. The predicted molar refractivity (Wildman–Crippen MR) is 131 cm³/mol. The Morgan fingerprint density at radius 2 is 1.88 bits per heavy atom. The van der Waals surface area contributed by atoms with Gasteiger partial charge in [-0.15, -0.1) is 0 Å². The average molecular weight is 466 g/mol. The summed E-state index contributed by atoms with van der Waals surface area (Å²) in [6.45, 7) is 1.65. The molecule has 4 aliphatic rings. The Morgan fingerprint density at radius 3 is 2.65 bits per heavy atom. The number of alkyl halides is 1. The third kappa shape index (κ3) is 3.89. The Kier molecular flexibility index (Phi) is 5.37. The van der Waals surface area contributed by atoms with Gasteiger partial charge in [0.15, 0.2) is 0 Å². The lowest BCUT2D eigenvalue weighted by atomic mass is 9.79. The molecule has 6 rings (SSSR count). The zero-order valence-corrected chi connectivity index (χ0v) is 19.9. The minimum Gasteiger partial charge on any atom is -0.357 e. The van der Waals surface area contributed by atoms with Gasteiger partial charge in [0.2, 0.25) is 0 Å². The van der Waals surface area contributed by atoms with E-state index in [1.165, 1.54) is 60.7 Å². The van der Waals surface area contributed by atoms with Crippen LogP contribution in [0, 0.1) is 11.7 Å². The quantitative estimate of drug-likeness (QED) is 0.650. The van der Waals surface area contributed by atoms with E-state index in [1.807, 2.05) is 12.1 Å². The standard InChI is InChI=1S/C27H33F2N5/c1-27(29)13-12-19-20-14-21(25-32-26(34(2)33-25)17-8-10-18(28)11-9-17)30-23(16-6-4-3-5-7-16)24(20)31-22(19)15-27/h8-12,15-16,21,23,26,30-31H,3-7,13-14H2,1-2H3,(H,32,33)/t21-,23?,26?,27+/m0/s1. The molecular weight excluding hydrogens is 432 g/mol. The van der Waals surface area contributed by atoms with E-state index in [0.29, 0.717) is 12.3 Å². The molecule has 34 heavy (non-hydrogen) atoms. The molecule has 1 aromatic carbocycles. The van der Waals surface area contributed by atoms with Crippen molar-refractivity contribution in [2.24, 2.45) is 10.9 Å². The highest BCUT2D eigenvalue weighted by molar-refractivity contribution is 5.89. The van der Waals surface area contributed by atoms with E-state index in [-0.39, 0.29) is 24.1 Å². The van der Waals surface area contributed by atoms with Crippen molar-refractivity contribution in [1.29, 1.82) is 0 Å². The molecule has 0 bridgehead atoms. The molecule has 3 heterocycles. The van der Waals surface area contributed by atoms with E-state index >= 15 is 0 Å². The number of rotatable bonds is 3. The smallest absolute Gasteiger partial charge is 0.146 e. The second-order valence-corrected chi connectivity index (χ2v) is 10.6. The minimum absolute atomic E-state index is 0.0410. The maximum Gasteiger partial charge on any atom is 0.146 e. The van der Waals surface area contributed by atoms with Crippen LogP contribution in [0.5, 0.6) is 0 Å². The number of H-pyrrole nitrogens is 1. The first kappa shape index (κ1) is 22.0. The van der Waals surface area contributed by atoms with Crippen molar-refractivity contribution >= 4 is 18.0 Å². The number of hydrogen-bond acceptors (Lipinski definition) is 4. The fraction of sp³-hybridized carbons (Fsp3) is 0.519. The van der Waals surface area contributed by atoms with Gasteiger partial charge in [-0.2, -0.15) is 5.01 Å². The van der Waals surface area contributed by atoms with Crippen LogP contribution in [-0.4, -0.2) is 34.6 Å². The lowest BCUT2D eigenvalue weighted by Gasteiger charge is -2.38. The largest absolute Gasteiger partial charge is 0.357 e. The molecule has 2 aliphatic heterocycles. The van der Waals surface area contributed by atoms with E-state index in [2.05, 4.69) is 21.8 Å². The van der Waals surface area contributed by atoms with Crippen molar-refractivity contribution in [3.63, 3.8) is 0 Å². The van der Waals surface area contributed by atoms with Gasteiger partial charge in [-0.05, 0) is 66.7 Å². The van der Waals surface area contributed by atoms with E-state index in [0.717, 1.165) is 23.2 Å². The van der Waals surface area contributed by atoms with Crippen LogP contribution in [0.25, 0.3) is 12.2 Å². The molecule has 180 valence electrons. The fourth-order valence-electron chi connectivity index (χ4n) is 6.26. The third-order valence-corrected chi connectivity index (χ3v) is 8.00. The average Bonchev–Trinajstić information content (AvgIpc) is 3.38. The Balaban J connectivity index is 1.37. The molecule has 3 N–H and O–H groups in total. The van der Waals surface area contributed by atoms with Crippen molar-refractivity contribution in [2.45, 2.75) is 75.8 Å². The first-order valence-corrected chi connectivity index (χ1v) is 12.6. The maximum absolute atomic E-state index is 14.8. The number of aromatic amines is 1. The van der Waals surface area contributed by atoms with Gasteiger partial charge < -0.3 is 10.4 Å². The number of nitrogens with one attached hydrogen (secondary N) is 3. The highest BCUT2D eigenvalue weighted by Crippen LogP contribution is 2.38. The number of aliphatic imine (C=N–C) groups is 1. The Hall–Kier alpha value is -2.51. The van der Waals surface area contributed by atoms with Crippen molar-refractivity contribution in [3.05, 3.63) is 57.5 Å². The van der Waals surface area contributed by atoms with Gasteiger partial charge in [-0.3, -0.25) is 5.32 Å². The van der Waals surface area contributed by atoms with Crippen LogP contribution < -0.4 is 21.3 Å². The van der Waals surface area contributed by atoms with Crippen molar-refractivity contribution in [2.75, 3.05) is 7.05 Å². The van der Waals surface area contributed by atoms with Crippen LogP contribution in [0.4, 0.5) is 8.78 Å². The normalized spacial score (nSPS) is 31.6. The third-order valence-electron chi connectivity index (χ3n) is 8.00. The highest BCUT2D eigenvalue weighted by atomic mass is 19.1. The first-order chi connectivity index (χ1) is 16.4. The number of nitrogens with zero attached hydrogens (tertiary/aromatic N) is 2. The zero-order valence-electron chi connectivity index (χ0n) is 19.9. The minimum atomic E-state index is -1.31. The van der Waals surface area contributed by atoms with Crippen molar-refractivity contribution in [3.8, 4) is 0 Å². The highest BCUT2D eigenvalue weighted by Gasteiger charge is 2.39. The van der Waals surface area contributed by atoms with Gasteiger partial charge in [-0.25, -0.2) is 13.8 Å². The number of amidine groups is 1. The van der Waals surface area contributed by atoms with Gasteiger partial charge in [0.1, 0.15) is 23.5 Å². The Morgan fingerprint density at radius 1 is 1.12 bits per heavy atom. The van der Waals surface area contributed by atoms with Crippen LogP contribution in [-0.2, 0) is 6.42 Å². The van der Waals surface area contributed by atoms with E-state index < -0.39 is 5.67 Å². The molecule has 2 aromatic rings. The number of aromatic nitrogens is 1. The SMILES string of the molecule is CN1NC([C@@H]2Cc3c([nH]c4c3=CC[C@@](C)(F)C=4)C(C3CCCCC3)N2)=NC1c1ccc(F)cc1. The molecule has 1 fully saturated rings. The molecule has 5 nitrogen and oxygen atoms in total.